The molecule has 0 N–H and O–H groups in total. The summed E-state index contributed by atoms with van der Waals surface area (Å²) >= 11 is 7.27. The van der Waals surface area contributed by atoms with Crippen molar-refractivity contribution in [3.05, 3.63) is 22.4 Å². The first kappa shape index (κ1) is 7.00. The van der Waals surface area contributed by atoms with Crippen LogP contribution in [0.4, 0.5) is 0 Å². The molecule has 0 unspecified atom stereocenters. The van der Waals surface area contributed by atoms with Gasteiger partial charge in [-0.05, 0) is 13.0 Å². The van der Waals surface area contributed by atoms with Gasteiger partial charge in [0.25, 0.3) is 0 Å². The molecule has 0 saturated heterocycles. The molecule has 2 aromatic rings. The third kappa shape index (κ3) is 1.21. The minimum absolute atomic E-state index is 0.764. The highest BCUT2D eigenvalue weighted by atomic mass is 35.5. The van der Waals surface area contributed by atoms with Crippen LogP contribution in [0.1, 0.15) is 5.82 Å². The van der Waals surface area contributed by atoms with Gasteiger partial charge in [0.05, 0.1) is 4.34 Å². The summed E-state index contributed by atoms with van der Waals surface area (Å²) in [7, 11) is 0. The second-order valence-electron chi connectivity index (χ2n) is 2.23. The Kier molecular flexibility index (Phi) is 1.55. The zero-order valence-electron chi connectivity index (χ0n) is 5.84. The molecule has 0 atom stereocenters. The van der Waals surface area contributed by atoms with Crippen LogP contribution in [0, 0.1) is 6.92 Å². The van der Waals surface area contributed by atoms with Gasteiger partial charge in [0, 0.05) is 11.6 Å². The molecule has 2 aromatic heterocycles. The Morgan fingerprint density at radius 3 is 3.18 bits per heavy atom. The second-order valence-corrected chi connectivity index (χ2v) is 3.89. The molecule has 0 aromatic carbocycles. The van der Waals surface area contributed by atoms with Gasteiger partial charge in [-0.25, -0.2) is 9.97 Å². The van der Waals surface area contributed by atoms with Crippen LogP contribution >= 0.6 is 22.9 Å². The van der Waals surface area contributed by atoms with Crippen LogP contribution < -0.4 is 0 Å². The molecule has 0 spiro atoms. The Morgan fingerprint density at radius 2 is 2.36 bits per heavy atom. The summed E-state index contributed by atoms with van der Waals surface area (Å²) in [5.74, 6) is 0.788. The summed E-state index contributed by atoms with van der Waals surface area (Å²) in [6.45, 7) is 1.87. The molecule has 0 fully saturated rings. The van der Waals surface area contributed by atoms with E-state index in [4.69, 9.17) is 11.6 Å². The van der Waals surface area contributed by atoms with Crippen LogP contribution in [0.25, 0.3) is 10.2 Å². The largest absolute Gasteiger partial charge is 0.241 e. The van der Waals surface area contributed by atoms with Crippen molar-refractivity contribution in [3.63, 3.8) is 0 Å². The van der Waals surface area contributed by atoms with Crippen LogP contribution in [0.15, 0.2) is 12.3 Å². The first-order chi connectivity index (χ1) is 5.25. The molecule has 0 saturated carbocycles. The number of fused-ring (bicyclic) bond motifs is 1. The number of aryl methyl sites for hydroxylation is 1. The monoisotopic (exact) mass is 184 g/mol. The Bertz CT molecular complexity index is 396. The Balaban J connectivity index is 2.82. The maximum atomic E-state index is 5.79. The zero-order valence-corrected chi connectivity index (χ0v) is 7.41. The van der Waals surface area contributed by atoms with Gasteiger partial charge in [-0.15, -0.1) is 11.3 Å². The van der Waals surface area contributed by atoms with E-state index in [1.165, 1.54) is 11.3 Å². The van der Waals surface area contributed by atoms with Gasteiger partial charge in [0.15, 0.2) is 0 Å². The van der Waals surface area contributed by atoms with E-state index < -0.39 is 0 Å². The molecule has 0 aliphatic rings. The van der Waals surface area contributed by atoms with Crippen LogP contribution in [0.2, 0.25) is 4.34 Å². The van der Waals surface area contributed by atoms with E-state index in [1.54, 1.807) is 6.20 Å². The van der Waals surface area contributed by atoms with Crippen LogP contribution in [-0.4, -0.2) is 9.97 Å². The van der Waals surface area contributed by atoms with E-state index in [2.05, 4.69) is 9.97 Å². The minimum atomic E-state index is 0.764. The fraction of sp³-hybridized carbons (Fsp3) is 0.143. The number of hydrogen-bond acceptors (Lipinski definition) is 3. The molecule has 0 amide bonds. The maximum Gasteiger partial charge on any atom is 0.128 e. The van der Waals surface area contributed by atoms with Crippen molar-refractivity contribution in [2.45, 2.75) is 6.92 Å². The highest BCUT2D eigenvalue weighted by Crippen LogP contribution is 2.26. The van der Waals surface area contributed by atoms with E-state index >= 15 is 0 Å². The lowest BCUT2D eigenvalue weighted by atomic mass is 10.4. The number of hydrogen-bond donors (Lipinski definition) is 0. The summed E-state index contributed by atoms with van der Waals surface area (Å²) in [6.07, 6.45) is 1.79. The summed E-state index contributed by atoms with van der Waals surface area (Å²) in [5, 5.41) is 1.02. The zero-order chi connectivity index (χ0) is 7.84. The predicted molar refractivity (Wildman–Crippen MR) is 47.2 cm³/mol. The Labute approximate surface area is 72.9 Å². The van der Waals surface area contributed by atoms with Crippen molar-refractivity contribution < 1.29 is 0 Å². The Hall–Kier alpha value is -0.670. The summed E-state index contributed by atoms with van der Waals surface area (Å²) in [6, 6.07) is 1.88. The maximum absolute atomic E-state index is 5.79. The van der Waals surface area contributed by atoms with E-state index in [1.807, 2.05) is 13.0 Å². The third-order valence-electron chi connectivity index (χ3n) is 1.36. The first-order valence-corrected chi connectivity index (χ1v) is 4.34. The molecule has 0 bridgehead atoms. The third-order valence-corrected chi connectivity index (χ3v) is 2.54. The van der Waals surface area contributed by atoms with Gasteiger partial charge < -0.3 is 0 Å². The summed E-state index contributed by atoms with van der Waals surface area (Å²) in [5.41, 5.74) is 0. The molecule has 11 heavy (non-hydrogen) atoms. The number of nitrogens with zero attached hydrogens (tertiary/aromatic N) is 2. The topological polar surface area (TPSA) is 25.8 Å². The van der Waals surface area contributed by atoms with E-state index in [-0.39, 0.29) is 0 Å². The fourth-order valence-corrected chi connectivity index (χ4v) is 2.00. The van der Waals surface area contributed by atoms with E-state index in [9.17, 15) is 0 Å². The van der Waals surface area contributed by atoms with Gasteiger partial charge in [0.1, 0.15) is 10.7 Å². The second kappa shape index (κ2) is 2.43. The fourth-order valence-electron chi connectivity index (χ4n) is 0.883. The highest BCUT2D eigenvalue weighted by Gasteiger charge is 2.00. The van der Waals surface area contributed by atoms with Crippen molar-refractivity contribution in [2.75, 3.05) is 0 Å². The average molecular weight is 185 g/mol. The highest BCUT2D eigenvalue weighted by molar-refractivity contribution is 7.22. The quantitative estimate of drug-likeness (QED) is 0.629. The number of rotatable bonds is 0. The van der Waals surface area contributed by atoms with E-state index in [0.717, 1.165) is 20.4 Å². The average Bonchev–Trinajstić information content (AvgIpc) is 2.27. The van der Waals surface area contributed by atoms with Crippen LogP contribution in [-0.2, 0) is 0 Å². The molecule has 56 valence electrons. The van der Waals surface area contributed by atoms with Gasteiger partial charge in [0.2, 0.25) is 0 Å². The predicted octanol–water partition coefficient (Wildman–Crippen LogP) is 2.65. The number of thiophene rings is 1. The normalized spacial score (nSPS) is 10.7. The summed E-state index contributed by atoms with van der Waals surface area (Å²) in [4.78, 5) is 9.24. The van der Waals surface area contributed by atoms with Crippen molar-refractivity contribution in [3.8, 4) is 0 Å². The molecule has 0 radical (unpaired) electrons. The van der Waals surface area contributed by atoms with Crippen molar-refractivity contribution >= 4 is 33.2 Å². The van der Waals surface area contributed by atoms with Crippen LogP contribution in [0.5, 0.6) is 0 Å². The molecule has 2 nitrogen and oxygen atoms in total. The molecular weight excluding hydrogens is 180 g/mol. The molecule has 0 aliphatic heterocycles. The number of halogens is 1. The van der Waals surface area contributed by atoms with Crippen molar-refractivity contribution in [1.29, 1.82) is 0 Å². The van der Waals surface area contributed by atoms with Gasteiger partial charge in [-0.2, -0.15) is 0 Å². The first-order valence-electron chi connectivity index (χ1n) is 3.14. The van der Waals surface area contributed by atoms with E-state index in [0.29, 0.717) is 0 Å². The molecular formula is C7H5ClN2S. The van der Waals surface area contributed by atoms with Crippen LogP contribution in [0.3, 0.4) is 0 Å². The van der Waals surface area contributed by atoms with Crippen molar-refractivity contribution in [2.24, 2.45) is 0 Å². The minimum Gasteiger partial charge on any atom is -0.241 e. The SMILES string of the molecule is Cc1ncc2cc(Cl)sc2n1. The lowest BCUT2D eigenvalue weighted by molar-refractivity contribution is 1.10. The molecule has 2 rings (SSSR count). The molecule has 2 heterocycles. The molecule has 0 aliphatic carbocycles. The smallest absolute Gasteiger partial charge is 0.128 e. The van der Waals surface area contributed by atoms with Gasteiger partial charge >= 0.3 is 0 Å². The van der Waals surface area contributed by atoms with Gasteiger partial charge in [-0.1, -0.05) is 11.6 Å². The van der Waals surface area contributed by atoms with Crippen molar-refractivity contribution in [1.82, 2.24) is 9.97 Å². The summed E-state index contributed by atoms with van der Waals surface area (Å²) < 4.78 is 0.764. The Morgan fingerprint density at radius 1 is 1.55 bits per heavy atom. The molecule has 4 heteroatoms. The lowest BCUT2D eigenvalue weighted by Crippen LogP contribution is -1.82. The standard InChI is InChI=1S/C7H5ClN2S/c1-4-9-3-5-2-6(8)11-7(5)10-4/h2-3H,1H3. The number of aromatic nitrogens is 2. The lowest BCUT2D eigenvalue weighted by Gasteiger charge is -1.88. The van der Waals surface area contributed by atoms with Gasteiger partial charge in [-0.3, -0.25) is 0 Å².